The molecular weight excluding hydrogens is 332 g/mol. The molecule has 1 aliphatic heterocycles. The fourth-order valence-electron chi connectivity index (χ4n) is 6.47. The van der Waals surface area contributed by atoms with Crippen LogP contribution in [0.1, 0.15) is 105 Å². The molecule has 0 radical (unpaired) electrons. The van der Waals surface area contributed by atoms with E-state index >= 15 is 0 Å². The van der Waals surface area contributed by atoms with Gasteiger partial charge in [0.2, 0.25) is 0 Å². The highest BCUT2D eigenvalue weighted by molar-refractivity contribution is 5.27. The first-order valence-corrected chi connectivity index (χ1v) is 11.8. The smallest absolute Gasteiger partial charge is 0.157 e. The Morgan fingerprint density at radius 3 is 2.63 bits per heavy atom. The maximum absolute atomic E-state index is 5.97. The molecule has 2 fully saturated rings. The summed E-state index contributed by atoms with van der Waals surface area (Å²) in [5.74, 6) is 1.61. The van der Waals surface area contributed by atoms with Crippen molar-refractivity contribution in [3.63, 3.8) is 0 Å². The minimum absolute atomic E-state index is 0.0680. The summed E-state index contributed by atoms with van der Waals surface area (Å²) in [5.41, 5.74) is 4.51. The van der Waals surface area contributed by atoms with Crippen LogP contribution in [0.15, 0.2) is 11.1 Å². The number of ether oxygens (including phenoxy) is 2. The van der Waals surface area contributed by atoms with Gasteiger partial charge in [0, 0.05) is 13.2 Å². The van der Waals surface area contributed by atoms with E-state index < -0.39 is 0 Å². The second-order valence-corrected chi connectivity index (χ2v) is 10.7. The average molecular weight is 377 g/mol. The molecule has 0 spiro atoms. The monoisotopic (exact) mass is 376 g/mol. The molecule has 27 heavy (non-hydrogen) atoms. The summed E-state index contributed by atoms with van der Waals surface area (Å²) in [5, 5.41) is 0. The number of rotatable bonds is 7. The molecule has 0 aromatic heterocycles. The van der Waals surface area contributed by atoms with Crippen LogP contribution in [0.2, 0.25) is 0 Å². The summed E-state index contributed by atoms with van der Waals surface area (Å²) in [7, 11) is 0. The Kier molecular flexibility index (Phi) is 7.12. The predicted molar refractivity (Wildman–Crippen MR) is 114 cm³/mol. The Morgan fingerprint density at radius 1 is 1.07 bits per heavy atom. The lowest BCUT2D eigenvalue weighted by molar-refractivity contribution is -0.164. The Morgan fingerprint density at radius 2 is 1.89 bits per heavy atom. The Bertz CT molecular complexity index is 514. The highest BCUT2D eigenvalue weighted by Crippen LogP contribution is 2.60. The van der Waals surface area contributed by atoms with E-state index in [0.717, 1.165) is 37.9 Å². The first kappa shape index (κ1) is 21.4. The summed E-state index contributed by atoms with van der Waals surface area (Å²) >= 11 is 0. The van der Waals surface area contributed by atoms with Gasteiger partial charge in [-0.2, -0.15) is 0 Å². The Labute approximate surface area is 168 Å². The second kappa shape index (κ2) is 8.99. The van der Waals surface area contributed by atoms with Gasteiger partial charge < -0.3 is 9.47 Å². The predicted octanol–water partition coefficient (Wildman–Crippen LogP) is 7.28. The SMILES string of the molecule is CC1=C(CC[C@@H](C)CCOC2CCCCO2)[C@]2(C)CCCC(C)(C)[C@H]2CC1. The fourth-order valence-corrected chi connectivity index (χ4v) is 6.47. The van der Waals surface area contributed by atoms with Crippen LogP contribution in [0.4, 0.5) is 0 Å². The van der Waals surface area contributed by atoms with Crippen molar-refractivity contribution in [3.05, 3.63) is 11.1 Å². The van der Waals surface area contributed by atoms with Gasteiger partial charge in [0.15, 0.2) is 6.29 Å². The zero-order valence-electron chi connectivity index (χ0n) is 18.7. The molecule has 3 aliphatic rings. The molecule has 1 heterocycles. The summed E-state index contributed by atoms with van der Waals surface area (Å²) in [6, 6.07) is 0. The minimum atomic E-state index is 0.0680. The van der Waals surface area contributed by atoms with Crippen molar-refractivity contribution in [1.82, 2.24) is 0 Å². The van der Waals surface area contributed by atoms with Crippen LogP contribution in [-0.4, -0.2) is 19.5 Å². The van der Waals surface area contributed by atoms with E-state index in [9.17, 15) is 0 Å². The van der Waals surface area contributed by atoms with Crippen molar-refractivity contribution in [2.75, 3.05) is 13.2 Å². The maximum Gasteiger partial charge on any atom is 0.157 e. The molecule has 2 nitrogen and oxygen atoms in total. The molecule has 0 bridgehead atoms. The topological polar surface area (TPSA) is 18.5 Å². The zero-order valence-corrected chi connectivity index (χ0v) is 18.7. The number of allylic oxidation sites excluding steroid dienone is 2. The van der Waals surface area contributed by atoms with Crippen molar-refractivity contribution in [3.8, 4) is 0 Å². The molecular formula is C25H44O2. The zero-order chi connectivity index (χ0) is 19.5. The number of hydrogen-bond donors (Lipinski definition) is 0. The molecule has 1 unspecified atom stereocenters. The summed E-state index contributed by atoms with van der Waals surface area (Å²) in [6.45, 7) is 14.2. The van der Waals surface area contributed by atoms with Crippen LogP contribution in [0.5, 0.6) is 0 Å². The van der Waals surface area contributed by atoms with Gasteiger partial charge in [-0.05, 0) is 93.8 Å². The highest BCUT2D eigenvalue weighted by atomic mass is 16.7. The molecule has 0 aromatic carbocycles. The van der Waals surface area contributed by atoms with Crippen LogP contribution in [-0.2, 0) is 9.47 Å². The lowest BCUT2D eigenvalue weighted by Crippen LogP contribution is -2.45. The highest BCUT2D eigenvalue weighted by Gasteiger charge is 2.49. The average Bonchev–Trinajstić information content (AvgIpc) is 2.61. The van der Waals surface area contributed by atoms with E-state index in [-0.39, 0.29) is 6.29 Å². The lowest BCUT2D eigenvalue weighted by atomic mass is 9.50. The third-order valence-corrected chi connectivity index (χ3v) is 8.18. The molecule has 2 aliphatic carbocycles. The third-order valence-electron chi connectivity index (χ3n) is 8.18. The van der Waals surface area contributed by atoms with Gasteiger partial charge in [0.05, 0.1) is 0 Å². The summed E-state index contributed by atoms with van der Waals surface area (Å²) < 4.78 is 11.7. The number of fused-ring (bicyclic) bond motifs is 1. The molecule has 4 atom stereocenters. The van der Waals surface area contributed by atoms with E-state index in [1.165, 1.54) is 57.8 Å². The third kappa shape index (κ3) is 4.99. The Balaban J connectivity index is 1.51. The maximum atomic E-state index is 5.97. The van der Waals surface area contributed by atoms with Gasteiger partial charge in [-0.15, -0.1) is 0 Å². The van der Waals surface area contributed by atoms with Crippen LogP contribution in [0.25, 0.3) is 0 Å². The van der Waals surface area contributed by atoms with Crippen molar-refractivity contribution in [2.24, 2.45) is 22.7 Å². The molecule has 1 saturated carbocycles. The van der Waals surface area contributed by atoms with E-state index in [1.54, 1.807) is 5.57 Å². The quantitative estimate of drug-likeness (QED) is 0.435. The van der Waals surface area contributed by atoms with Gasteiger partial charge in [-0.1, -0.05) is 45.3 Å². The molecule has 0 N–H and O–H groups in total. The van der Waals surface area contributed by atoms with Crippen molar-refractivity contribution >= 4 is 0 Å². The largest absolute Gasteiger partial charge is 0.353 e. The van der Waals surface area contributed by atoms with E-state index in [1.807, 2.05) is 5.57 Å². The molecule has 3 rings (SSSR count). The number of hydrogen-bond acceptors (Lipinski definition) is 2. The van der Waals surface area contributed by atoms with Crippen LogP contribution in [0.3, 0.4) is 0 Å². The molecule has 0 amide bonds. The molecule has 2 heteroatoms. The molecule has 1 saturated heterocycles. The van der Waals surface area contributed by atoms with Gasteiger partial charge in [-0.25, -0.2) is 0 Å². The normalized spacial score (nSPS) is 35.0. The van der Waals surface area contributed by atoms with Crippen molar-refractivity contribution in [1.29, 1.82) is 0 Å². The van der Waals surface area contributed by atoms with E-state index in [0.29, 0.717) is 10.8 Å². The van der Waals surface area contributed by atoms with Gasteiger partial charge >= 0.3 is 0 Å². The summed E-state index contributed by atoms with van der Waals surface area (Å²) in [4.78, 5) is 0. The molecule has 0 aromatic rings. The van der Waals surface area contributed by atoms with Crippen molar-refractivity contribution in [2.45, 2.75) is 112 Å². The van der Waals surface area contributed by atoms with E-state index in [2.05, 4.69) is 34.6 Å². The Hall–Kier alpha value is -0.340. The standard InChI is InChI=1S/C25H44O2/c1-19(14-18-27-23-9-6-7-17-26-23)10-12-21-20(2)11-13-22-24(3,4)15-8-16-25(21,22)5/h19,22-23H,6-18H2,1-5H3/t19-,22-,23?,25+/m1/s1. The van der Waals surface area contributed by atoms with Crippen LogP contribution >= 0.6 is 0 Å². The molecule has 156 valence electrons. The van der Waals surface area contributed by atoms with Crippen LogP contribution < -0.4 is 0 Å². The summed E-state index contributed by atoms with van der Waals surface area (Å²) in [6.07, 6.45) is 14.3. The van der Waals surface area contributed by atoms with E-state index in [4.69, 9.17) is 9.47 Å². The van der Waals surface area contributed by atoms with Crippen LogP contribution in [0, 0.1) is 22.7 Å². The lowest BCUT2D eigenvalue weighted by Gasteiger charge is -2.55. The van der Waals surface area contributed by atoms with Gasteiger partial charge in [0.25, 0.3) is 0 Å². The first-order valence-electron chi connectivity index (χ1n) is 11.8. The van der Waals surface area contributed by atoms with Crippen molar-refractivity contribution < 1.29 is 9.47 Å². The van der Waals surface area contributed by atoms with Gasteiger partial charge in [0.1, 0.15) is 0 Å². The minimum Gasteiger partial charge on any atom is -0.353 e. The first-order chi connectivity index (χ1) is 12.8. The van der Waals surface area contributed by atoms with Gasteiger partial charge in [-0.3, -0.25) is 0 Å². The fraction of sp³-hybridized carbons (Fsp3) is 0.920. The second-order valence-electron chi connectivity index (χ2n) is 10.7.